The molecule has 0 amide bonds. The van der Waals surface area contributed by atoms with E-state index in [4.69, 9.17) is 17.3 Å². The molecule has 2 aromatic rings. The SMILES string of the molecule is Cc1ccc2c(c1)C1CCC/C(=N\NC(=S)Nc3ccccc3)C1N2C. The number of nitrogens with zero attached hydrogens (tertiary/aromatic N) is 2. The zero-order chi connectivity index (χ0) is 18.1. The lowest BCUT2D eigenvalue weighted by Crippen LogP contribution is -2.42. The fourth-order valence-corrected chi connectivity index (χ4v) is 4.39. The number of hydrogen-bond acceptors (Lipinski definition) is 3. The third-order valence-electron chi connectivity index (χ3n) is 5.38. The lowest BCUT2D eigenvalue weighted by Gasteiger charge is -2.32. The predicted molar refractivity (Wildman–Crippen MR) is 113 cm³/mol. The predicted octanol–water partition coefficient (Wildman–Crippen LogP) is 4.42. The minimum absolute atomic E-state index is 0.326. The average molecular weight is 365 g/mol. The van der Waals surface area contributed by atoms with Crippen LogP contribution in [-0.4, -0.2) is 23.9 Å². The van der Waals surface area contributed by atoms with Gasteiger partial charge in [-0.15, -0.1) is 0 Å². The van der Waals surface area contributed by atoms with E-state index in [-0.39, 0.29) is 0 Å². The van der Waals surface area contributed by atoms with E-state index in [2.05, 4.69) is 47.8 Å². The standard InChI is InChI=1S/C21H24N4S/c1-14-11-12-19-17(13-14)16-9-6-10-18(20(16)25(19)2)23-24-21(26)22-15-7-4-3-5-8-15/h3-5,7-8,11-13,16,20H,6,9-10H2,1-2H3,(H2,22,24,26)/b23-18+. The van der Waals surface area contributed by atoms with Crippen molar-refractivity contribution in [1.82, 2.24) is 5.43 Å². The molecule has 0 radical (unpaired) electrons. The highest BCUT2D eigenvalue weighted by molar-refractivity contribution is 7.80. The summed E-state index contributed by atoms with van der Waals surface area (Å²) in [5, 5.41) is 8.40. The molecular formula is C21H24N4S. The zero-order valence-corrected chi connectivity index (χ0v) is 16.0. The van der Waals surface area contributed by atoms with Gasteiger partial charge in [0.05, 0.1) is 11.8 Å². The summed E-state index contributed by atoms with van der Waals surface area (Å²) in [5.41, 5.74) is 9.34. The van der Waals surface area contributed by atoms with Crippen molar-refractivity contribution >= 4 is 34.4 Å². The van der Waals surface area contributed by atoms with Crippen LogP contribution in [0.15, 0.2) is 53.6 Å². The highest BCUT2D eigenvalue weighted by Gasteiger charge is 2.41. The quantitative estimate of drug-likeness (QED) is 0.611. The van der Waals surface area contributed by atoms with Crippen molar-refractivity contribution in [3.8, 4) is 0 Å². The molecule has 1 aliphatic heterocycles. The van der Waals surface area contributed by atoms with Gasteiger partial charge in [0.25, 0.3) is 0 Å². The number of aryl methyl sites for hydroxylation is 1. The lowest BCUT2D eigenvalue weighted by molar-refractivity contribution is 0.535. The molecule has 0 spiro atoms. The second-order valence-corrected chi connectivity index (χ2v) is 7.56. The molecule has 5 heteroatoms. The molecule has 2 aromatic carbocycles. The number of hydrogen-bond donors (Lipinski definition) is 2. The molecule has 4 nitrogen and oxygen atoms in total. The molecule has 26 heavy (non-hydrogen) atoms. The van der Waals surface area contributed by atoms with Gasteiger partial charge in [-0.3, -0.25) is 5.43 Å². The molecule has 2 unspecified atom stereocenters. The summed E-state index contributed by atoms with van der Waals surface area (Å²) in [7, 11) is 2.18. The van der Waals surface area contributed by atoms with Gasteiger partial charge in [-0.05, 0) is 62.2 Å². The molecule has 2 atom stereocenters. The number of fused-ring (bicyclic) bond motifs is 3. The molecule has 1 heterocycles. The van der Waals surface area contributed by atoms with Gasteiger partial charge < -0.3 is 10.2 Å². The summed E-state index contributed by atoms with van der Waals surface area (Å²) in [6.07, 6.45) is 3.40. The Morgan fingerprint density at radius 1 is 1.19 bits per heavy atom. The summed E-state index contributed by atoms with van der Waals surface area (Å²) >= 11 is 5.40. The van der Waals surface area contributed by atoms with Crippen LogP contribution < -0.4 is 15.6 Å². The van der Waals surface area contributed by atoms with Crippen LogP contribution in [0.4, 0.5) is 11.4 Å². The monoisotopic (exact) mass is 364 g/mol. The first-order chi connectivity index (χ1) is 12.6. The Kier molecular flexibility index (Phi) is 4.64. The molecular weight excluding hydrogens is 340 g/mol. The third-order valence-corrected chi connectivity index (χ3v) is 5.58. The molecule has 0 aromatic heterocycles. The van der Waals surface area contributed by atoms with E-state index in [1.807, 2.05) is 30.3 Å². The number of para-hydroxylation sites is 1. The Morgan fingerprint density at radius 3 is 2.81 bits per heavy atom. The highest BCUT2D eigenvalue weighted by atomic mass is 32.1. The molecule has 0 saturated heterocycles. The number of hydrazone groups is 1. The Morgan fingerprint density at radius 2 is 2.00 bits per heavy atom. The number of benzene rings is 2. The van der Waals surface area contributed by atoms with Crippen molar-refractivity contribution in [3.05, 3.63) is 59.7 Å². The largest absolute Gasteiger partial charge is 0.365 e. The Labute approximate surface area is 160 Å². The van der Waals surface area contributed by atoms with Crippen molar-refractivity contribution < 1.29 is 0 Å². The van der Waals surface area contributed by atoms with Gasteiger partial charge in [0, 0.05) is 24.3 Å². The first-order valence-electron chi connectivity index (χ1n) is 9.15. The molecule has 134 valence electrons. The fraction of sp³-hybridized carbons (Fsp3) is 0.333. The highest BCUT2D eigenvalue weighted by Crippen LogP contribution is 2.46. The molecule has 4 rings (SSSR count). The summed E-state index contributed by atoms with van der Waals surface area (Å²) in [6.45, 7) is 2.17. The molecule has 2 aliphatic rings. The van der Waals surface area contributed by atoms with E-state index >= 15 is 0 Å². The van der Waals surface area contributed by atoms with Crippen molar-refractivity contribution in [1.29, 1.82) is 0 Å². The Hall–Kier alpha value is -2.40. The molecule has 1 saturated carbocycles. The van der Waals surface area contributed by atoms with Crippen LogP contribution in [0.25, 0.3) is 0 Å². The smallest absolute Gasteiger partial charge is 0.191 e. The van der Waals surface area contributed by atoms with Crippen LogP contribution >= 0.6 is 12.2 Å². The van der Waals surface area contributed by atoms with Crippen LogP contribution in [0, 0.1) is 6.92 Å². The molecule has 1 fully saturated rings. The summed E-state index contributed by atoms with van der Waals surface area (Å²) in [6, 6.07) is 17.0. The van der Waals surface area contributed by atoms with E-state index in [0.29, 0.717) is 17.1 Å². The van der Waals surface area contributed by atoms with Crippen LogP contribution in [0.3, 0.4) is 0 Å². The number of likely N-dealkylation sites (N-methyl/N-ethyl adjacent to an activating group) is 1. The zero-order valence-electron chi connectivity index (χ0n) is 15.2. The Bertz CT molecular complexity index is 846. The Balaban J connectivity index is 1.51. The second-order valence-electron chi connectivity index (χ2n) is 7.15. The maximum Gasteiger partial charge on any atom is 0.191 e. The van der Waals surface area contributed by atoms with Crippen molar-refractivity contribution in [2.24, 2.45) is 5.10 Å². The summed E-state index contributed by atoms with van der Waals surface area (Å²) in [4.78, 5) is 2.38. The van der Waals surface area contributed by atoms with Gasteiger partial charge in [-0.1, -0.05) is 35.9 Å². The topological polar surface area (TPSA) is 39.7 Å². The number of nitrogens with one attached hydrogen (secondary N) is 2. The maximum absolute atomic E-state index is 5.40. The maximum atomic E-state index is 5.40. The van der Waals surface area contributed by atoms with Crippen molar-refractivity contribution in [3.63, 3.8) is 0 Å². The van der Waals surface area contributed by atoms with E-state index in [1.54, 1.807) is 0 Å². The van der Waals surface area contributed by atoms with Gasteiger partial charge in [0.2, 0.25) is 0 Å². The number of rotatable bonds is 2. The number of anilines is 2. The van der Waals surface area contributed by atoms with Crippen LogP contribution in [-0.2, 0) is 0 Å². The van der Waals surface area contributed by atoms with Gasteiger partial charge in [0.15, 0.2) is 5.11 Å². The van der Waals surface area contributed by atoms with Gasteiger partial charge in [-0.2, -0.15) is 5.10 Å². The normalized spacial score (nSPS) is 22.7. The minimum Gasteiger partial charge on any atom is -0.365 e. The molecule has 2 N–H and O–H groups in total. The van der Waals surface area contributed by atoms with Crippen LogP contribution in [0.2, 0.25) is 0 Å². The second kappa shape index (κ2) is 7.08. The van der Waals surface area contributed by atoms with Crippen LogP contribution in [0.1, 0.15) is 36.3 Å². The average Bonchev–Trinajstić information content (AvgIpc) is 2.93. The fourth-order valence-electron chi connectivity index (χ4n) is 4.23. The molecule has 1 aliphatic carbocycles. The lowest BCUT2D eigenvalue weighted by atomic mass is 9.81. The summed E-state index contributed by atoms with van der Waals surface area (Å²) < 4.78 is 0. The van der Waals surface area contributed by atoms with E-state index < -0.39 is 0 Å². The van der Waals surface area contributed by atoms with Gasteiger partial charge in [-0.25, -0.2) is 0 Å². The first kappa shape index (κ1) is 17.0. The van der Waals surface area contributed by atoms with Gasteiger partial charge in [0.1, 0.15) is 0 Å². The van der Waals surface area contributed by atoms with E-state index in [0.717, 1.165) is 12.1 Å². The van der Waals surface area contributed by atoms with E-state index in [1.165, 1.54) is 35.4 Å². The first-order valence-corrected chi connectivity index (χ1v) is 9.56. The van der Waals surface area contributed by atoms with Crippen molar-refractivity contribution in [2.45, 2.75) is 38.1 Å². The number of thiocarbonyl (C=S) groups is 1. The van der Waals surface area contributed by atoms with E-state index in [9.17, 15) is 0 Å². The van der Waals surface area contributed by atoms with Gasteiger partial charge >= 0.3 is 0 Å². The van der Waals surface area contributed by atoms with Crippen LogP contribution in [0.5, 0.6) is 0 Å². The summed E-state index contributed by atoms with van der Waals surface area (Å²) in [5.74, 6) is 0.528. The molecule has 0 bridgehead atoms. The minimum atomic E-state index is 0.326. The third kappa shape index (κ3) is 3.19. The van der Waals surface area contributed by atoms with Crippen molar-refractivity contribution in [2.75, 3.05) is 17.3 Å².